The van der Waals surface area contributed by atoms with Crippen LogP contribution in [0.5, 0.6) is 5.75 Å². The molecular formula is C20H25ClN6O2. The van der Waals surface area contributed by atoms with Gasteiger partial charge in [0, 0.05) is 36.8 Å². The summed E-state index contributed by atoms with van der Waals surface area (Å²) >= 11 is 6.09. The number of fused-ring (bicyclic) bond motifs is 1. The normalized spacial score (nSPS) is 26.2. The number of nitrogens with zero attached hydrogens (tertiary/aromatic N) is 2. The van der Waals surface area contributed by atoms with Gasteiger partial charge in [0.1, 0.15) is 11.6 Å². The number of rotatable bonds is 5. The van der Waals surface area contributed by atoms with Crippen molar-refractivity contribution in [3.63, 3.8) is 0 Å². The molecule has 0 radical (unpaired) electrons. The van der Waals surface area contributed by atoms with Gasteiger partial charge in [0.05, 0.1) is 31.0 Å². The first-order chi connectivity index (χ1) is 13.9. The smallest absolute Gasteiger partial charge is 0.244 e. The number of anilines is 2. The Kier molecular flexibility index (Phi) is 5.49. The van der Waals surface area contributed by atoms with Gasteiger partial charge in [-0.25, -0.2) is 10.4 Å². The Morgan fingerprint density at radius 2 is 2.10 bits per heavy atom. The molecule has 9 heteroatoms. The highest BCUT2D eigenvalue weighted by atomic mass is 35.5. The van der Waals surface area contributed by atoms with E-state index in [1.165, 1.54) is 0 Å². The summed E-state index contributed by atoms with van der Waals surface area (Å²) in [5.41, 5.74) is 5.14. The standard InChI is InChI=1S/C20H25ClN6O2/c1-11-6-7-22-16(8-11)24-17-10-14(18-19(25-17)26-27(2)20(18)28)23-13-5-4-12(21)9-15(13)29-3/h4-9,14,17-19,23,25-26H,10H2,1-3H3,(H,22,24). The van der Waals surface area contributed by atoms with E-state index in [0.717, 1.165) is 17.1 Å². The highest BCUT2D eigenvalue weighted by Gasteiger charge is 2.48. The van der Waals surface area contributed by atoms with Gasteiger partial charge in [-0.2, -0.15) is 0 Å². The number of ether oxygens (including phenoxy) is 1. The molecule has 4 unspecified atom stereocenters. The third kappa shape index (κ3) is 4.10. The summed E-state index contributed by atoms with van der Waals surface area (Å²) in [5, 5.41) is 12.6. The molecule has 4 atom stereocenters. The Labute approximate surface area is 174 Å². The maximum absolute atomic E-state index is 12.8. The molecule has 0 spiro atoms. The van der Waals surface area contributed by atoms with Crippen molar-refractivity contribution >= 4 is 29.0 Å². The molecule has 2 aliphatic heterocycles. The number of aryl methyl sites for hydroxylation is 1. The molecular weight excluding hydrogens is 392 g/mol. The van der Waals surface area contributed by atoms with Crippen LogP contribution in [-0.4, -0.2) is 48.4 Å². The number of carbonyl (C=O) groups excluding carboxylic acids is 1. The number of nitrogens with one attached hydrogen (secondary N) is 4. The first kappa shape index (κ1) is 19.8. The summed E-state index contributed by atoms with van der Waals surface area (Å²) in [6.45, 7) is 2.03. The minimum Gasteiger partial charge on any atom is -0.495 e. The lowest BCUT2D eigenvalue weighted by Gasteiger charge is -2.39. The molecule has 4 rings (SSSR count). The summed E-state index contributed by atoms with van der Waals surface area (Å²) in [5.74, 6) is 1.22. The van der Waals surface area contributed by atoms with E-state index in [9.17, 15) is 4.79 Å². The van der Waals surface area contributed by atoms with E-state index in [-0.39, 0.29) is 30.2 Å². The van der Waals surface area contributed by atoms with Gasteiger partial charge in [-0.05, 0) is 36.8 Å². The van der Waals surface area contributed by atoms with Gasteiger partial charge >= 0.3 is 0 Å². The Bertz CT molecular complexity index is 910. The fraction of sp³-hybridized carbons (Fsp3) is 0.400. The summed E-state index contributed by atoms with van der Waals surface area (Å²) < 4.78 is 5.46. The SMILES string of the molecule is COc1cc(Cl)ccc1NC1CC(Nc2cc(C)ccn2)NC2NN(C)C(=O)C12. The zero-order valence-electron chi connectivity index (χ0n) is 16.6. The lowest BCUT2D eigenvalue weighted by atomic mass is 9.88. The lowest BCUT2D eigenvalue weighted by molar-refractivity contribution is -0.131. The highest BCUT2D eigenvalue weighted by molar-refractivity contribution is 6.30. The third-order valence-electron chi connectivity index (χ3n) is 5.35. The van der Waals surface area contributed by atoms with Crippen molar-refractivity contribution in [2.45, 2.75) is 31.7 Å². The van der Waals surface area contributed by atoms with Crippen molar-refractivity contribution < 1.29 is 9.53 Å². The van der Waals surface area contributed by atoms with Crippen LogP contribution in [0.25, 0.3) is 0 Å². The maximum atomic E-state index is 12.8. The van der Waals surface area contributed by atoms with Gasteiger partial charge in [0.15, 0.2) is 0 Å². The average molecular weight is 417 g/mol. The van der Waals surface area contributed by atoms with Crippen LogP contribution < -0.4 is 26.1 Å². The minimum absolute atomic E-state index is 0.0417. The zero-order valence-corrected chi connectivity index (χ0v) is 17.3. The third-order valence-corrected chi connectivity index (χ3v) is 5.59. The maximum Gasteiger partial charge on any atom is 0.244 e. The molecule has 2 aliphatic rings. The highest BCUT2D eigenvalue weighted by Crippen LogP contribution is 2.33. The quantitative estimate of drug-likeness (QED) is 0.594. The van der Waals surface area contributed by atoms with Crippen LogP contribution in [0.4, 0.5) is 11.5 Å². The Hall–Kier alpha value is -2.55. The summed E-state index contributed by atoms with van der Waals surface area (Å²) in [4.78, 5) is 17.1. The van der Waals surface area contributed by atoms with Crippen LogP contribution in [0.15, 0.2) is 36.5 Å². The van der Waals surface area contributed by atoms with Gasteiger partial charge in [0.2, 0.25) is 5.91 Å². The number of halogens is 1. The number of amides is 1. The van der Waals surface area contributed by atoms with E-state index in [1.54, 1.807) is 37.5 Å². The van der Waals surface area contributed by atoms with Crippen molar-refractivity contribution in [2.24, 2.45) is 5.92 Å². The van der Waals surface area contributed by atoms with Gasteiger partial charge in [0.25, 0.3) is 0 Å². The topological polar surface area (TPSA) is 90.5 Å². The largest absolute Gasteiger partial charge is 0.495 e. The van der Waals surface area contributed by atoms with Crippen molar-refractivity contribution in [1.29, 1.82) is 0 Å². The van der Waals surface area contributed by atoms with E-state index in [1.807, 2.05) is 25.1 Å². The van der Waals surface area contributed by atoms with Gasteiger partial charge in [-0.15, -0.1) is 0 Å². The van der Waals surface area contributed by atoms with Crippen molar-refractivity contribution in [2.75, 3.05) is 24.8 Å². The van der Waals surface area contributed by atoms with Crippen LogP contribution in [0.3, 0.4) is 0 Å². The fourth-order valence-corrected chi connectivity index (χ4v) is 4.14. The van der Waals surface area contributed by atoms with E-state index in [2.05, 4.69) is 26.4 Å². The van der Waals surface area contributed by atoms with E-state index >= 15 is 0 Å². The predicted octanol–water partition coefficient (Wildman–Crippen LogP) is 2.18. The Morgan fingerprint density at radius 3 is 2.86 bits per heavy atom. The van der Waals surface area contributed by atoms with Crippen LogP contribution in [-0.2, 0) is 4.79 Å². The number of aromatic nitrogens is 1. The average Bonchev–Trinajstić information content (AvgIpc) is 2.97. The summed E-state index contributed by atoms with van der Waals surface area (Å²) in [6, 6.07) is 9.27. The first-order valence-corrected chi connectivity index (χ1v) is 9.91. The summed E-state index contributed by atoms with van der Waals surface area (Å²) in [7, 11) is 3.35. The zero-order chi connectivity index (χ0) is 20.5. The molecule has 2 saturated heterocycles. The molecule has 3 heterocycles. The molecule has 0 bridgehead atoms. The van der Waals surface area contributed by atoms with Crippen molar-refractivity contribution in [3.05, 3.63) is 47.1 Å². The molecule has 8 nitrogen and oxygen atoms in total. The molecule has 2 fully saturated rings. The van der Waals surface area contributed by atoms with Gasteiger partial charge in [-0.1, -0.05) is 11.6 Å². The lowest BCUT2D eigenvalue weighted by Crippen LogP contribution is -2.60. The number of carbonyl (C=O) groups is 1. The molecule has 0 aliphatic carbocycles. The fourth-order valence-electron chi connectivity index (χ4n) is 3.98. The number of hydrazine groups is 1. The molecule has 1 aromatic heterocycles. The number of piperidine rings is 1. The Morgan fingerprint density at radius 1 is 1.28 bits per heavy atom. The minimum atomic E-state index is -0.260. The molecule has 4 N–H and O–H groups in total. The predicted molar refractivity (Wildman–Crippen MR) is 113 cm³/mol. The first-order valence-electron chi connectivity index (χ1n) is 9.53. The van der Waals surface area contributed by atoms with E-state index in [0.29, 0.717) is 17.2 Å². The van der Waals surface area contributed by atoms with Crippen molar-refractivity contribution in [3.8, 4) is 5.75 Å². The second-order valence-corrected chi connectivity index (χ2v) is 7.88. The molecule has 0 saturated carbocycles. The monoisotopic (exact) mass is 416 g/mol. The number of pyridine rings is 1. The van der Waals surface area contributed by atoms with Crippen molar-refractivity contribution in [1.82, 2.24) is 20.7 Å². The van der Waals surface area contributed by atoms with Crippen LogP contribution >= 0.6 is 11.6 Å². The number of methoxy groups -OCH3 is 1. The molecule has 1 amide bonds. The van der Waals surface area contributed by atoms with Crippen LogP contribution in [0.1, 0.15) is 12.0 Å². The number of benzene rings is 1. The van der Waals surface area contributed by atoms with E-state index < -0.39 is 0 Å². The van der Waals surface area contributed by atoms with Gasteiger partial charge in [-0.3, -0.25) is 15.1 Å². The van der Waals surface area contributed by atoms with Crippen LogP contribution in [0, 0.1) is 12.8 Å². The molecule has 154 valence electrons. The number of hydrogen-bond donors (Lipinski definition) is 4. The van der Waals surface area contributed by atoms with Gasteiger partial charge < -0.3 is 15.4 Å². The van der Waals surface area contributed by atoms with E-state index in [4.69, 9.17) is 16.3 Å². The van der Waals surface area contributed by atoms with Crippen LogP contribution in [0.2, 0.25) is 5.02 Å². The molecule has 2 aromatic rings. The summed E-state index contributed by atoms with van der Waals surface area (Å²) in [6.07, 6.45) is 2.18. The number of hydrogen-bond acceptors (Lipinski definition) is 7. The second kappa shape index (κ2) is 8.06. The Balaban J connectivity index is 1.58. The second-order valence-electron chi connectivity index (χ2n) is 7.44. The molecule has 1 aromatic carbocycles. The molecule has 29 heavy (non-hydrogen) atoms.